The van der Waals surface area contributed by atoms with E-state index >= 15 is 0 Å². The standard InChI is InChI=1S/C12H16O4/c1-6-7(2)10(15-4)8(3)11(16-5)9(6)12(13)14/h1-5H3,(H,13,14). The number of hydrogen-bond acceptors (Lipinski definition) is 3. The summed E-state index contributed by atoms with van der Waals surface area (Å²) in [5.74, 6) is 0.0648. The maximum Gasteiger partial charge on any atom is 0.339 e. The van der Waals surface area contributed by atoms with E-state index in [4.69, 9.17) is 14.6 Å². The van der Waals surface area contributed by atoms with E-state index in [1.54, 1.807) is 21.0 Å². The largest absolute Gasteiger partial charge is 0.496 e. The van der Waals surface area contributed by atoms with Crippen LogP contribution in [0.15, 0.2) is 0 Å². The maximum atomic E-state index is 11.2. The van der Waals surface area contributed by atoms with Gasteiger partial charge in [-0.1, -0.05) is 0 Å². The SMILES string of the molecule is COc1c(C)c(C)c(C(=O)O)c(OC)c1C. The highest BCUT2D eigenvalue weighted by molar-refractivity contribution is 5.94. The Labute approximate surface area is 94.8 Å². The Kier molecular flexibility index (Phi) is 3.42. The van der Waals surface area contributed by atoms with Gasteiger partial charge in [-0.15, -0.1) is 0 Å². The van der Waals surface area contributed by atoms with E-state index in [1.807, 2.05) is 6.92 Å². The molecule has 0 amide bonds. The van der Waals surface area contributed by atoms with Crippen molar-refractivity contribution in [1.29, 1.82) is 0 Å². The lowest BCUT2D eigenvalue weighted by Gasteiger charge is -2.18. The molecule has 4 nitrogen and oxygen atoms in total. The highest BCUT2D eigenvalue weighted by atomic mass is 16.5. The maximum absolute atomic E-state index is 11.2. The number of carboxylic acid groups (broad SMARTS) is 1. The third kappa shape index (κ3) is 1.71. The van der Waals surface area contributed by atoms with E-state index in [9.17, 15) is 4.79 Å². The number of aromatic carboxylic acids is 1. The van der Waals surface area contributed by atoms with E-state index < -0.39 is 5.97 Å². The third-order valence-electron chi connectivity index (χ3n) is 2.81. The van der Waals surface area contributed by atoms with E-state index in [1.165, 1.54) is 7.11 Å². The van der Waals surface area contributed by atoms with Crippen molar-refractivity contribution in [2.45, 2.75) is 20.8 Å². The van der Waals surface area contributed by atoms with Gasteiger partial charge in [-0.05, 0) is 31.9 Å². The summed E-state index contributed by atoms with van der Waals surface area (Å²) >= 11 is 0. The van der Waals surface area contributed by atoms with Crippen molar-refractivity contribution in [2.75, 3.05) is 14.2 Å². The fourth-order valence-corrected chi connectivity index (χ4v) is 1.92. The molecule has 0 aliphatic carbocycles. The molecule has 0 radical (unpaired) electrons. The Morgan fingerprint density at radius 3 is 1.81 bits per heavy atom. The van der Waals surface area contributed by atoms with Crippen LogP contribution in [-0.2, 0) is 0 Å². The van der Waals surface area contributed by atoms with Crippen molar-refractivity contribution in [1.82, 2.24) is 0 Å². The van der Waals surface area contributed by atoms with Gasteiger partial charge in [-0.3, -0.25) is 0 Å². The second-order valence-electron chi connectivity index (χ2n) is 3.62. The van der Waals surface area contributed by atoms with Crippen LogP contribution in [0.25, 0.3) is 0 Å². The molecule has 0 spiro atoms. The number of carboxylic acids is 1. The van der Waals surface area contributed by atoms with Crippen LogP contribution in [0.4, 0.5) is 0 Å². The zero-order valence-corrected chi connectivity index (χ0v) is 10.2. The highest BCUT2D eigenvalue weighted by Gasteiger charge is 2.22. The fraction of sp³-hybridized carbons (Fsp3) is 0.417. The molecule has 0 atom stereocenters. The number of benzene rings is 1. The Hall–Kier alpha value is -1.71. The quantitative estimate of drug-likeness (QED) is 0.856. The molecule has 0 aliphatic rings. The minimum atomic E-state index is -0.983. The lowest BCUT2D eigenvalue weighted by Crippen LogP contribution is -2.08. The molecule has 4 heteroatoms. The highest BCUT2D eigenvalue weighted by Crippen LogP contribution is 2.37. The number of ether oxygens (including phenoxy) is 2. The predicted molar refractivity (Wildman–Crippen MR) is 60.7 cm³/mol. The number of rotatable bonds is 3. The molecule has 0 saturated carbocycles. The van der Waals surface area contributed by atoms with Crippen LogP contribution in [0, 0.1) is 20.8 Å². The van der Waals surface area contributed by atoms with Crippen LogP contribution in [0.5, 0.6) is 11.5 Å². The summed E-state index contributed by atoms with van der Waals surface area (Å²) in [6.45, 7) is 5.38. The molecule has 1 aromatic rings. The van der Waals surface area contributed by atoms with Gasteiger partial charge in [0, 0.05) is 5.56 Å². The normalized spacial score (nSPS) is 10.1. The monoisotopic (exact) mass is 224 g/mol. The summed E-state index contributed by atoms with van der Waals surface area (Å²) in [4.78, 5) is 11.2. The van der Waals surface area contributed by atoms with Gasteiger partial charge in [-0.2, -0.15) is 0 Å². The summed E-state index contributed by atoms with van der Waals surface area (Å²) in [7, 11) is 3.03. The topological polar surface area (TPSA) is 55.8 Å². The van der Waals surface area contributed by atoms with Crippen molar-refractivity contribution < 1.29 is 19.4 Å². The molecule has 1 aromatic carbocycles. The molecule has 0 saturated heterocycles. The van der Waals surface area contributed by atoms with Gasteiger partial charge >= 0.3 is 5.97 Å². The predicted octanol–water partition coefficient (Wildman–Crippen LogP) is 2.33. The molecule has 0 bridgehead atoms. The summed E-state index contributed by atoms with van der Waals surface area (Å²) in [6.07, 6.45) is 0. The summed E-state index contributed by atoms with van der Waals surface area (Å²) < 4.78 is 10.4. The Balaban J connectivity index is 3.70. The molecule has 0 aromatic heterocycles. The molecule has 88 valence electrons. The van der Waals surface area contributed by atoms with Crippen LogP contribution in [0.1, 0.15) is 27.0 Å². The van der Waals surface area contributed by atoms with E-state index in [2.05, 4.69) is 0 Å². The van der Waals surface area contributed by atoms with Crippen molar-refractivity contribution >= 4 is 5.97 Å². The van der Waals surface area contributed by atoms with Crippen molar-refractivity contribution in [3.63, 3.8) is 0 Å². The first-order chi connectivity index (χ1) is 7.45. The van der Waals surface area contributed by atoms with Gasteiger partial charge < -0.3 is 14.6 Å². The Morgan fingerprint density at radius 1 is 0.938 bits per heavy atom. The van der Waals surface area contributed by atoms with Crippen LogP contribution in [0.2, 0.25) is 0 Å². The fourth-order valence-electron chi connectivity index (χ4n) is 1.92. The minimum Gasteiger partial charge on any atom is -0.496 e. The first-order valence-electron chi connectivity index (χ1n) is 4.90. The van der Waals surface area contributed by atoms with E-state index in [0.717, 1.165) is 5.56 Å². The molecule has 0 unspecified atom stereocenters. The van der Waals surface area contributed by atoms with Crippen LogP contribution in [0.3, 0.4) is 0 Å². The van der Waals surface area contributed by atoms with Gasteiger partial charge in [0.1, 0.15) is 17.1 Å². The van der Waals surface area contributed by atoms with Gasteiger partial charge in [0.15, 0.2) is 0 Å². The van der Waals surface area contributed by atoms with Crippen LogP contribution in [-0.4, -0.2) is 25.3 Å². The molecule has 0 heterocycles. The second kappa shape index (κ2) is 4.43. The molecule has 0 fully saturated rings. The minimum absolute atomic E-state index is 0.207. The molecular formula is C12H16O4. The first-order valence-corrected chi connectivity index (χ1v) is 4.90. The van der Waals surface area contributed by atoms with Gasteiger partial charge in [-0.25, -0.2) is 4.79 Å². The lowest BCUT2D eigenvalue weighted by molar-refractivity contribution is 0.0692. The van der Waals surface area contributed by atoms with Crippen LogP contribution < -0.4 is 9.47 Å². The molecule has 1 rings (SSSR count). The number of methoxy groups -OCH3 is 2. The average Bonchev–Trinajstić information content (AvgIpc) is 2.23. The zero-order chi connectivity index (χ0) is 12.5. The van der Waals surface area contributed by atoms with E-state index in [0.29, 0.717) is 22.6 Å². The number of hydrogen-bond donors (Lipinski definition) is 1. The lowest BCUT2D eigenvalue weighted by atomic mass is 9.97. The average molecular weight is 224 g/mol. The Morgan fingerprint density at radius 2 is 1.44 bits per heavy atom. The molecule has 1 N–H and O–H groups in total. The molecular weight excluding hydrogens is 208 g/mol. The molecule has 0 aliphatic heterocycles. The van der Waals surface area contributed by atoms with Crippen LogP contribution >= 0.6 is 0 Å². The molecule has 16 heavy (non-hydrogen) atoms. The van der Waals surface area contributed by atoms with Gasteiger partial charge in [0.05, 0.1) is 14.2 Å². The second-order valence-corrected chi connectivity index (χ2v) is 3.62. The summed E-state index contributed by atoms with van der Waals surface area (Å²) in [6, 6.07) is 0. The number of carbonyl (C=O) groups is 1. The summed E-state index contributed by atoms with van der Waals surface area (Å²) in [5.41, 5.74) is 2.42. The zero-order valence-electron chi connectivity index (χ0n) is 10.2. The third-order valence-corrected chi connectivity index (χ3v) is 2.81. The smallest absolute Gasteiger partial charge is 0.339 e. The van der Waals surface area contributed by atoms with Crippen molar-refractivity contribution in [2.24, 2.45) is 0 Å². The summed E-state index contributed by atoms with van der Waals surface area (Å²) in [5, 5.41) is 9.17. The van der Waals surface area contributed by atoms with Crippen molar-refractivity contribution in [3.8, 4) is 11.5 Å². The van der Waals surface area contributed by atoms with Crippen molar-refractivity contribution in [3.05, 3.63) is 22.3 Å². The first kappa shape index (κ1) is 12.4. The Bertz CT molecular complexity index is 435. The van der Waals surface area contributed by atoms with Gasteiger partial charge in [0.25, 0.3) is 0 Å². The van der Waals surface area contributed by atoms with Gasteiger partial charge in [0.2, 0.25) is 0 Å². The van der Waals surface area contributed by atoms with E-state index in [-0.39, 0.29) is 5.56 Å².